The van der Waals surface area contributed by atoms with Crippen molar-refractivity contribution in [2.24, 2.45) is 0 Å². The van der Waals surface area contributed by atoms with Crippen LogP contribution in [0.15, 0.2) is 52.1 Å². The fourth-order valence-corrected chi connectivity index (χ4v) is 4.79. The molecule has 0 unspecified atom stereocenters. The number of aliphatic hydroxyl groups excluding tert-OH is 1. The molecule has 0 amide bonds. The summed E-state index contributed by atoms with van der Waals surface area (Å²) in [5.74, 6) is -0.466. The van der Waals surface area contributed by atoms with E-state index in [9.17, 15) is 18.6 Å². The van der Waals surface area contributed by atoms with E-state index in [0.717, 1.165) is 5.56 Å². The number of nitrogens with zero attached hydrogens (tertiary/aromatic N) is 3. The van der Waals surface area contributed by atoms with Crippen LogP contribution >= 0.6 is 0 Å². The molecule has 2 heterocycles. The first-order chi connectivity index (χ1) is 15.4. The van der Waals surface area contributed by atoms with Gasteiger partial charge in [0.25, 0.3) is 10.0 Å². The lowest BCUT2D eigenvalue weighted by molar-refractivity contribution is 0.275. The number of rotatable bonds is 8. The van der Waals surface area contributed by atoms with Crippen LogP contribution in [0.4, 0.5) is 5.82 Å². The van der Waals surface area contributed by atoms with Crippen LogP contribution in [0.5, 0.6) is 17.2 Å². The van der Waals surface area contributed by atoms with Crippen LogP contribution in [0.2, 0.25) is 0 Å². The van der Waals surface area contributed by atoms with Crippen molar-refractivity contribution >= 4 is 26.8 Å². The van der Waals surface area contributed by atoms with Gasteiger partial charge in [0.05, 0.1) is 27.4 Å². The number of phenols is 1. The predicted octanol–water partition coefficient (Wildman–Crippen LogP) is 2.09. The molecule has 3 N–H and O–H groups in total. The Hall–Kier alpha value is -3.77. The summed E-state index contributed by atoms with van der Waals surface area (Å²) in [5.41, 5.74) is 1.14. The first-order valence-electron chi connectivity index (χ1n) is 9.34. The Morgan fingerprint density at radius 1 is 1.22 bits per heavy atom. The first-order valence-corrected chi connectivity index (χ1v) is 10.8. The molecule has 4 aromatic rings. The molecule has 2 aromatic carbocycles. The number of aliphatic hydroxyl groups is 1. The Morgan fingerprint density at radius 2 is 2.03 bits per heavy atom. The van der Waals surface area contributed by atoms with Gasteiger partial charge in [0.15, 0.2) is 22.9 Å². The molecule has 4 rings (SSSR count). The van der Waals surface area contributed by atoms with E-state index in [1.807, 2.05) is 0 Å². The van der Waals surface area contributed by atoms with Crippen molar-refractivity contribution in [2.75, 3.05) is 18.9 Å². The molecule has 32 heavy (non-hydrogen) atoms. The van der Waals surface area contributed by atoms with E-state index in [1.165, 1.54) is 26.4 Å². The highest BCUT2D eigenvalue weighted by Gasteiger charge is 2.29. The molecule has 11 nitrogen and oxygen atoms in total. The van der Waals surface area contributed by atoms with Crippen molar-refractivity contribution in [1.29, 1.82) is 0 Å². The van der Waals surface area contributed by atoms with Gasteiger partial charge in [0.2, 0.25) is 0 Å². The highest BCUT2D eigenvalue weighted by Crippen LogP contribution is 2.39. The molecule has 0 aliphatic heterocycles. The van der Waals surface area contributed by atoms with Crippen molar-refractivity contribution < 1.29 is 32.6 Å². The molecule has 0 atom stereocenters. The average Bonchev–Trinajstić information content (AvgIpc) is 3.43. The summed E-state index contributed by atoms with van der Waals surface area (Å²) in [6, 6.07) is 7.76. The molecule has 0 aliphatic carbocycles. The first kappa shape index (κ1) is 21.5. The van der Waals surface area contributed by atoms with Crippen molar-refractivity contribution in [3.8, 4) is 17.2 Å². The van der Waals surface area contributed by atoms with Gasteiger partial charge >= 0.3 is 0 Å². The molecule has 2 aromatic heterocycles. The van der Waals surface area contributed by atoms with Gasteiger partial charge in [0, 0.05) is 18.0 Å². The lowest BCUT2D eigenvalue weighted by Gasteiger charge is -2.15. The van der Waals surface area contributed by atoms with Gasteiger partial charge in [-0.05, 0) is 29.8 Å². The molecule has 0 aliphatic rings. The van der Waals surface area contributed by atoms with Gasteiger partial charge < -0.3 is 24.2 Å². The number of phenolic OH excluding ortho intramolecular Hbond substituents is 1. The smallest absolute Gasteiger partial charge is 0.267 e. The molecule has 0 spiro atoms. The zero-order valence-electron chi connectivity index (χ0n) is 17.1. The number of aromatic nitrogens is 3. The number of anilines is 1. The van der Waals surface area contributed by atoms with Crippen molar-refractivity contribution in [2.45, 2.75) is 18.0 Å². The maximum Gasteiger partial charge on any atom is 0.267 e. The highest BCUT2D eigenvalue weighted by atomic mass is 32.2. The van der Waals surface area contributed by atoms with Crippen molar-refractivity contribution in [3.63, 3.8) is 0 Å². The summed E-state index contributed by atoms with van der Waals surface area (Å²) in [6.07, 6.45) is 3.46. The summed E-state index contributed by atoms with van der Waals surface area (Å²) in [7, 11) is -1.69. The van der Waals surface area contributed by atoms with Gasteiger partial charge in [-0.25, -0.2) is 8.42 Å². The average molecular weight is 460 g/mol. The summed E-state index contributed by atoms with van der Waals surface area (Å²) in [5, 5.41) is 28.0. The van der Waals surface area contributed by atoms with Crippen molar-refractivity contribution in [1.82, 2.24) is 14.9 Å². The van der Waals surface area contributed by atoms with Crippen LogP contribution in [0, 0.1) is 0 Å². The second kappa shape index (κ2) is 8.40. The van der Waals surface area contributed by atoms with Crippen LogP contribution in [-0.4, -0.2) is 47.8 Å². The summed E-state index contributed by atoms with van der Waals surface area (Å²) < 4.78 is 46.3. The van der Waals surface area contributed by atoms with Crippen LogP contribution < -0.4 is 14.2 Å². The Bertz CT molecular complexity index is 1360. The van der Waals surface area contributed by atoms with Crippen molar-refractivity contribution in [3.05, 3.63) is 53.9 Å². The van der Waals surface area contributed by atoms with E-state index >= 15 is 0 Å². The van der Waals surface area contributed by atoms with E-state index < -0.39 is 27.3 Å². The van der Waals surface area contributed by atoms with E-state index in [2.05, 4.69) is 15.0 Å². The zero-order chi connectivity index (χ0) is 22.9. The molecular weight excluding hydrogens is 440 g/mol. The second-order valence-electron chi connectivity index (χ2n) is 6.78. The minimum absolute atomic E-state index is 0.0356. The van der Waals surface area contributed by atoms with Gasteiger partial charge in [-0.15, -0.1) is 0 Å². The topological polar surface area (TPSA) is 149 Å². The molecule has 0 fully saturated rings. The highest BCUT2D eigenvalue weighted by molar-refractivity contribution is 7.93. The normalized spacial score (nSPS) is 11.6. The Labute approximate surface area is 182 Å². The van der Waals surface area contributed by atoms with E-state index in [0.29, 0.717) is 23.3 Å². The number of aromatic hydroxyl groups is 1. The van der Waals surface area contributed by atoms with E-state index in [1.54, 1.807) is 35.3 Å². The maximum atomic E-state index is 13.2. The minimum Gasteiger partial charge on any atom is -0.504 e. The lowest BCUT2D eigenvalue weighted by Crippen LogP contribution is -2.17. The summed E-state index contributed by atoms with van der Waals surface area (Å²) in [4.78, 5) is -0.409. The third-order valence-corrected chi connectivity index (χ3v) is 6.22. The number of benzene rings is 2. The van der Waals surface area contributed by atoms with E-state index in [-0.39, 0.29) is 17.1 Å². The Kier molecular flexibility index (Phi) is 5.63. The third kappa shape index (κ3) is 3.81. The number of hydrogen-bond acceptors (Lipinski definition) is 9. The molecule has 12 heteroatoms. The SMILES string of the molecule is COc1c(O)ccc(CO)c1S(=O)(=O)Nc1noc2cc(Cn3cccn3)cc(OC)c12. The molecule has 0 bridgehead atoms. The fraction of sp³-hybridized carbons (Fsp3) is 0.200. The van der Waals surface area contributed by atoms with E-state index in [4.69, 9.17) is 14.0 Å². The number of sulfonamides is 1. The third-order valence-electron chi connectivity index (χ3n) is 4.77. The van der Waals surface area contributed by atoms with Gasteiger partial charge in [-0.3, -0.25) is 9.40 Å². The largest absolute Gasteiger partial charge is 0.504 e. The van der Waals surface area contributed by atoms with Crippen LogP contribution in [-0.2, 0) is 23.2 Å². The number of hydrogen-bond donors (Lipinski definition) is 3. The zero-order valence-corrected chi connectivity index (χ0v) is 18.0. The molecule has 0 saturated heterocycles. The van der Waals surface area contributed by atoms with Crippen LogP contribution in [0.1, 0.15) is 11.1 Å². The second-order valence-corrected chi connectivity index (χ2v) is 8.40. The molecular formula is C20H20N4O7S. The summed E-state index contributed by atoms with van der Waals surface area (Å²) >= 11 is 0. The predicted molar refractivity (Wildman–Crippen MR) is 113 cm³/mol. The number of ether oxygens (including phenoxy) is 2. The van der Waals surface area contributed by atoms with Gasteiger partial charge in [0.1, 0.15) is 16.0 Å². The van der Waals surface area contributed by atoms with Crippen LogP contribution in [0.3, 0.4) is 0 Å². The number of nitrogens with one attached hydrogen (secondary N) is 1. The Balaban J connectivity index is 1.78. The maximum absolute atomic E-state index is 13.2. The number of fused-ring (bicyclic) bond motifs is 1. The lowest BCUT2D eigenvalue weighted by atomic mass is 10.1. The minimum atomic E-state index is -4.35. The molecule has 168 valence electrons. The molecule has 0 radical (unpaired) electrons. The Morgan fingerprint density at radius 3 is 2.69 bits per heavy atom. The number of methoxy groups -OCH3 is 2. The monoisotopic (exact) mass is 460 g/mol. The quantitative estimate of drug-likeness (QED) is 0.359. The van der Waals surface area contributed by atoms with Gasteiger partial charge in [-0.1, -0.05) is 11.2 Å². The fourth-order valence-electron chi connectivity index (χ4n) is 3.38. The standard InChI is InChI=1S/C20H20N4O7S/c1-29-15-8-12(10-24-7-3-6-21-24)9-16-17(15)20(22-31-16)23-32(27,28)19-13(11-25)4-5-14(26)18(19)30-2/h3-9,25-26H,10-11H2,1-2H3,(H,22,23). The summed E-state index contributed by atoms with van der Waals surface area (Å²) in [6.45, 7) is -0.145. The van der Waals surface area contributed by atoms with Gasteiger partial charge in [-0.2, -0.15) is 5.10 Å². The van der Waals surface area contributed by atoms with Crippen LogP contribution in [0.25, 0.3) is 11.0 Å². The molecule has 0 saturated carbocycles.